The third-order valence-corrected chi connectivity index (χ3v) is 5.61. The van der Waals surface area contributed by atoms with Crippen molar-refractivity contribution in [1.29, 1.82) is 0 Å². The Morgan fingerprint density at radius 2 is 2.09 bits per heavy atom. The van der Waals surface area contributed by atoms with E-state index in [0.29, 0.717) is 12.2 Å². The van der Waals surface area contributed by atoms with Gasteiger partial charge in [-0.2, -0.15) is 23.1 Å². The molecule has 0 amide bonds. The van der Waals surface area contributed by atoms with Gasteiger partial charge in [-0.1, -0.05) is 30.3 Å². The van der Waals surface area contributed by atoms with Gasteiger partial charge in [0.25, 0.3) is 0 Å². The molecule has 0 radical (unpaired) electrons. The molecule has 120 valence electrons. The van der Waals surface area contributed by atoms with Crippen LogP contribution in [0.3, 0.4) is 0 Å². The Morgan fingerprint density at radius 3 is 2.78 bits per heavy atom. The normalized spacial score (nSPS) is 18.6. The number of aliphatic hydroxyl groups excluding tert-OH is 1. The van der Waals surface area contributed by atoms with Crippen molar-refractivity contribution in [2.75, 3.05) is 12.4 Å². The van der Waals surface area contributed by atoms with E-state index in [4.69, 9.17) is 9.84 Å². The minimum absolute atomic E-state index is 0.00225. The number of carbonyl (C=O) groups excluding carboxylic acids is 1. The third kappa shape index (κ3) is 4.05. The fourth-order valence-corrected chi connectivity index (χ4v) is 4.37. The van der Waals surface area contributed by atoms with Gasteiger partial charge in [0.15, 0.2) is 6.10 Å². The van der Waals surface area contributed by atoms with Crippen LogP contribution in [0.1, 0.15) is 28.9 Å². The molecule has 1 aliphatic rings. The number of hydrogen-bond donors (Lipinski definition) is 1. The number of rotatable bonds is 7. The van der Waals surface area contributed by atoms with E-state index in [-0.39, 0.29) is 17.6 Å². The maximum atomic E-state index is 12.2. The van der Waals surface area contributed by atoms with Crippen molar-refractivity contribution in [2.45, 2.75) is 17.8 Å². The van der Waals surface area contributed by atoms with E-state index in [1.165, 1.54) is 5.56 Å². The minimum atomic E-state index is -0.517. The van der Waals surface area contributed by atoms with E-state index in [9.17, 15) is 4.79 Å². The number of benzene rings is 1. The highest BCUT2D eigenvalue weighted by atomic mass is 32.2. The molecule has 0 saturated carbocycles. The molecule has 5 heteroatoms. The average Bonchev–Trinajstić information content (AvgIpc) is 3.22. The number of aliphatic hydroxyl groups is 1. The molecule has 3 nitrogen and oxygen atoms in total. The van der Waals surface area contributed by atoms with Crippen molar-refractivity contribution < 1.29 is 14.6 Å². The van der Waals surface area contributed by atoms with Crippen LogP contribution in [0.25, 0.3) is 0 Å². The second kappa shape index (κ2) is 7.81. The van der Waals surface area contributed by atoms with Gasteiger partial charge in [-0.05, 0) is 22.4 Å². The SMILES string of the molecule is O=C1C=C(CC(SCCO)c2ccsc2)OC1c1ccccc1. The quantitative estimate of drug-likeness (QED) is 0.819. The molecule has 0 fully saturated rings. The summed E-state index contributed by atoms with van der Waals surface area (Å²) in [4.78, 5) is 12.2. The highest BCUT2D eigenvalue weighted by Gasteiger charge is 2.30. The first-order valence-corrected chi connectivity index (χ1v) is 9.47. The fourth-order valence-electron chi connectivity index (χ4n) is 2.55. The summed E-state index contributed by atoms with van der Waals surface area (Å²) in [5.41, 5.74) is 2.10. The van der Waals surface area contributed by atoms with Crippen LogP contribution in [-0.2, 0) is 9.53 Å². The Hall–Kier alpha value is -1.56. The summed E-state index contributed by atoms with van der Waals surface area (Å²) in [5.74, 6) is 1.40. The van der Waals surface area contributed by atoms with Crippen molar-refractivity contribution in [3.8, 4) is 0 Å². The number of thioether (sulfide) groups is 1. The van der Waals surface area contributed by atoms with E-state index < -0.39 is 6.10 Å². The Kier molecular flexibility index (Phi) is 5.54. The van der Waals surface area contributed by atoms with Gasteiger partial charge >= 0.3 is 0 Å². The van der Waals surface area contributed by atoms with Crippen LogP contribution in [0.4, 0.5) is 0 Å². The van der Waals surface area contributed by atoms with E-state index >= 15 is 0 Å². The number of carbonyl (C=O) groups is 1. The van der Waals surface area contributed by atoms with Crippen LogP contribution in [0.2, 0.25) is 0 Å². The van der Waals surface area contributed by atoms with Gasteiger partial charge in [0.2, 0.25) is 5.78 Å². The lowest BCUT2D eigenvalue weighted by molar-refractivity contribution is -0.120. The molecule has 2 unspecified atom stereocenters. The van der Waals surface area contributed by atoms with Crippen LogP contribution in [0.5, 0.6) is 0 Å². The van der Waals surface area contributed by atoms with E-state index in [2.05, 4.69) is 11.4 Å². The highest BCUT2D eigenvalue weighted by molar-refractivity contribution is 7.99. The van der Waals surface area contributed by atoms with Crippen molar-refractivity contribution >= 4 is 28.9 Å². The maximum Gasteiger partial charge on any atom is 0.204 e. The zero-order valence-electron chi connectivity index (χ0n) is 12.6. The monoisotopic (exact) mass is 346 g/mol. The predicted molar refractivity (Wildman–Crippen MR) is 94.6 cm³/mol. The van der Waals surface area contributed by atoms with Crippen LogP contribution in [0, 0.1) is 0 Å². The van der Waals surface area contributed by atoms with Gasteiger partial charge in [0.1, 0.15) is 5.76 Å². The summed E-state index contributed by atoms with van der Waals surface area (Å²) in [6, 6.07) is 11.7. The molecule has 2 atom stereocenters. The molecule has 1 aliphatic heterocycles. The number of ether oxygens (including phenoxy) is 1. The second-order valence-electron chi connectivity index (χ2n) is 5.27. The van der Waals surface area contributed by atoms with Crippen LogP contribution < -0.4 is 0 Å². The number of hydrogen-bond acceptors (Lipinski definition) is 5. The first-order chi connectivity index (χ1) is 11.3. The number of thiophene rings is 1. The van der Waals surface area contributed by atoms with E-state index in [0.717, 1.165) is 11.3 Å². The van der Waals surface area contributed by atoms with Crippen molar-refractivity contribution in [1.82, 2.24) is 0 Å². The Morgan fingerprint density at radius 1 is 1.26 bits per heavy atom. The molecule has 0 saturated heterocycles. The molecule has 1 N–H and O–H groups in total. The highest BCUT2D eigenvalue weighted by Crippen LogP contribution is 2.39. The zero-order valence-corrected chi connectivity index (χ0v) is 14.2. The van der Waals surface area contributed by atoms with Crippen molar-refractivity contribution in [2.24, 2.45) is 0 Å². The van der Waals surface area contributed by atoms with Crippen LogP contribution >= 0.6 is 23.1 Å². The molecular formula is C18H18O3S2. The Balaban J connectivity index is 1.69. The standard InChI is InChI=1S/C18H18O3S2/c19-7-9-23-17(14-6-8-22-12-14)11-15-10-16(20)18(21-15)13-4-2-1-3-5-13/h1-6,8,10,12,17-19H,7,9,11H2. The minimum Gasteiger partial charge on any atom is -0.482 e. The third-order valence-electron chi connectivity index (χ3n) is 3.65. The van der Waals surface area contributed by atoms with Crippen LogP contribution in [-0.4, -0.2) is 23.2 Å². The molecule has 2 aromatic rings. The summed E-state index contributed by atoms with van der Waals surface area (Å²) >= 11 is 3.34. The van der Waals surface area contributed by atoms with Gasteiger partial charge < -0.3 is 9.84 Å². The number of ketones is 1. The molecule has 0 spiro atoms. The maximum absolute atomic E-state index is 12.2. The average molecular weight is 346 g/mol. The molecular weight excluding hydrogens is 328 g/mol. The van der Waals surface area contributed by atoms with Gasteiger partial charge in [0, 0.05) is 29.1 Å². The van der Waals surface area contributed by atoms with Gasteiger partial charge in [-0.15, -0.1) is 0 Å². The largest absolute Gasteiger partial charge is 0.482 e. The van der Waals surface area contributed by atoms with Gasteiger partial charge in [-0.3, -0.25) is 4.79 Å². The fraction of sp³-hybridized carbons (Fsp3) is 0.278. The van der Waals surface area contributed by atoms with E-state index in [1.54, 1.807) is 29.2 Å². The van der Waals surface area contributed by atoms with Crippen molar-refractivity contribution in [3.05, 3.63) is 70.1 Å². The summed E-state index contributed by atoms with van der Waals surface area (Å²) in [6.45, 7) is 0.150. The summed E-state index contributed by atoms with van der Waals surface area (Å²) in [7, 11) is 0. The smallest absolute Gasteiger partial charge is 0.204 e. The topological polar surface area (TPSA) is 46.5 Å². The molecule has 1 aromatic carbocycles. The second-order valence-corrected chi connectivity index (χ2v) is 7.36. The molecule has 1 aromatic heterocycles. The molecule has 3 rings (SSSR count). The zero-order chi connectivity index (χ0) is 16.1. The lowest BCUT2D eigenvalue weighted by atomic mass is 10.1. The summed E-state index contributed by atoms with van der Waals surface area (Å²) in [5, 5.41) is 13.4. The van der Waals surface area contributed by atoms with Gasteiger partial charge in [-0.25, -0.2) is 0 Å². The Labute approximate surface area is 144 Å². The molecule has 0 bridgehead atoms. The lowest BCUT2D eigenvalue weighted by Gasteiger charge is -2.17. The lowest BCUT2D eigenvalue weighted by Crippen LogP contribution is -2.07. The molecule has 23 heavy (non-hydrogen) atoms. The van der Waals surface area contributed by atoms with E-state index in [1.807, 2.05) is 35.7 Å². The predicted octanol–water partition coefficient (Wildman–Crippen LogP) is 4.13. The number of allylic oxidation sites excluding steroid dienone is 1. The molecule has 0 aliphatic carbocycles. The summed E-state index contributed by atoms with van der Waals surface area (Å²) < 4.78 is 5.91. The van der Waals surface area contributed by atoms with Gasteiger partial charge in [0.05, 0.1) is 6.61 Å². The van der Waals surface area contributed by atoms with Crippen LogP contribution in [0.15, 0.2) is 59.0 Å². The summed E-state index contributed by atoms with van der Waals surface area (Å²) in [6.07, 6.45) is 1.77. The molecule has 2 heterocycles. The first-order valence-electron chi connectivity index (χ1n) is 7.48. The Bertz CT molecular complexity index is 665. The first kappa shape index (κ1) is 16.3. The van der Waals surface area contributed by atoms with Crippen molar-refractivity contribution in [3.63, 3.8) is 0 Å².